The first kappa shape index (κ1) is 13.3. The molecule has 7 heteroatoms. The van der Waals surface area contributed by atoms with Crippen molar-refractivity contribution in [2.24, 2.45) is 7.05 Å². The van der Waals surface area contributed by atoms with Gasteiger partial charge in [0.15, 0.2) is 0 Å². The van der Waals surface area contributed by atoms with E-state index in [1.807, 2.05) is 0 Å². The highest BCUT2D eigenvalue weighted by Crippen LogP contribution is 2.31. The molecular weight excluding hydrogens is 259 g/mol. The minimum Gasteiger partial charge on any atom is -0.489 e. The van der Waals surface area contributed by atoms with Crippen LogP contribution in [0.4, 0.5) is 19.0 Å². The van der Waals surface area contributed by atoms with Gasteiger partial charge < -0.3 is 10.5 Å². The number of alkyl halides is 3. The molecule has 0 fully saturated rings. The molecule has 2 aromatic rings. The van der Waals surface area contributed by atoms with E-state index in [9.17, 15) is 13.2 Å². The fourth-order valence-electron chi connectivity index (χ4n) is 1.53. The van der Waals surface area contributed by atoms with E-state index >= 15 is 0 Å². The standard InChI is InChI=1S/C12H12F3N3O/c1-18-11(16)8(6-17-18)7-19-10-4-2-3-9(5-10)12(13,14)15/h2-6H,7,16H2,1H3. The third-order valence-electron chi connectivity index (χ3n) is 2.62. The smallest absolute Gasteiger partial charge is 0.416 e. The fraction of sp³-hybridized carbons (Fsp3) is 0.250. The second kappa shape index (κ2) is 4.83. The van der Waals surface area contributed by atoms with Gasteiger partial charge in [-0.2, -0.15) is 18.3 Å². The Bertz CT molecular complexity index is 578. The van der Waals surface area contributed by atoms with Crippen molar-refractivity contribution < 1.29 is 17.9 Å². The summed E-state index contributed by atoms with van der Waals surface area (Å²) in [5.41, 5.74) is 5.59. The van der Waals surface area contributed by atoms with Crippen molar-refractivity contribution in [1.82, 2.24) is 9.78 Å². The maximum absolute atomic E-state index is 12.5. The van der Waals surface area contributed by atoms with Crippen molar-refractivity contribution in [2.45, 2.75) is 12.8 Å². The van der Waals surface area contributed by atoms with Crippen LogP contribution >= 0.6 is 0 Å². The van der Waals surface area contributed by atoms with E-state index < -0.39 is 11.7 Å². The normalized spacial score (nSPS) is 11.6. The molecule has 102 valence electrons. The Labute approximate surface area is 107 Å². The first-order chi connectivity index (χ1) is 8.88. The molecule has 1 aromatic carbocycles. The Morgan fingerprint density at radius 2 is 2.11 bits per heavy atom. The number of ether oxygens (including phenoxy) is 1. The molecule has 0 aliphatic carbocycles. The van der Waals surface area contributed by atoms with E-state index in [2.05, 4.69) is 5.10 Å². The molecule has 1 heterocycles. The number of hydrogen-bond donors (Lipinski definition) is 1. The summed E-state index contributed by atoms with van der Waals surface area (Å²) in [6.45, 7) is 0.0704. The van der Waals surface area contributed by atoms with Crippen LogP contribution in [-0.2, 0) is 19.8 Å². The summed E-state index contributed by atoms with van der Waals surface area (Å²) in [6.07, 6.45) is -2.87. The molecule has 0 atom stereocenters. The number of nitrogens with zero attached hydrogens (tertiary/aromatic N) is 2. The number of anilines is 1. The molecule has 19 heavy (non-hydrogen) atoms. The van der Waals surface area contributed by atoms with Gasteiger partial charge in [-0.1, -0.05) is 6.07 Å². The lowest BCUT2D eigenvalue weighted by molar-refractivity contribution is -0.137. The number of hydrogen-bond acceptors (Lipinski definition) is 3. The Kier molecular flexibility index (Phi) is 3.37. The lowest BCUT2D eigenvalue weighted by atomic mass is 10.2. The predicted molar refractivity (Wildman–Crippen MR) is 63.4 cm³/mol. The first-order valence-electron chi connectivity index (χ1n) is 5.44. The van der Waals surface area contributed by atoms with E-state index in [4.69, 9.17) is 10.5 Å². The Morgan fingerprint density at radius 1 is 1.37 bits per heavy atom. The number of nitrogens with two attached hydrogens (primary N) is 1. The van der Waals surface area contributed by atoms with Crippen LogP contribution in [0.2, 0.25) is 0 Å². The SMILES string of the molecule is Cn1ncc(COc2cccc(C(F)(F)F)c2)c1N. The van der Waals surface area contributed by atoms with E-state index in [0.29, 0.717) is 11.4 Å². The summed E-state index contributed by atoms with van der Waals surface area (Å²) >= 11 is 0. The molecule has 0 amide bonds. The molecule has 0 unspecified atom stereocenters. The van der Waals surface area contributed by atoms with Gasteiger partial charge in [-0.3, -0.25) is 4.68 Å². The summed E-state index contributed by atoms with van der Waals surface area (Å²) in [5.74, 6) is 0.560. The van der Waals surface area contributed by atoms with Crippen molar-refractivity contribution in [1.29, 1.82) is 0 Å². The van der Waals surface area contributed by atoms with E-state index in [1.165, 1.54) is 23.0 Å². The molecular formula is C12H12F3N3O. The van der Waals surface area contributed by atoms with Gasteiger partial charge in [0, 0.05) is 7.05 Å². The third kappa shape index (κ3) is 2.98. The highest BCUT2D eigenvalue weighted by Gasteiger charge is 2.30. The number of halogens is 3. The van der Waals surface area contributed by atoms with E-state index in [-0.39, 0.29) is 12.4 Å². The Balaban J connectivity index is 2.10. The monoisotopic (exact) mass is 271 g/mol. The molecule has 0 spiro atoms. The van der Waals surface area contributed by atoms with Crippen LogP contribution in [0.1, 0.15) is 11.1 Å². The number of nitrogen functional groups attached to an aromatic ring is 1. The molecule has 0 aliphatic rings. The van der Waals surface area contributed by atoms with Gasteiger partial charge >= 0.3 is 6.18 Å². The minimum atomic E-state index is -4.38. The largest absolute Gasteiger partial charge is 0.489 e. The third-order valence-corrected chi connectivity index (χ3v) is 2.62. The van der Waals surface area contributed by atoms with Crippen molar-refractivity contribution in [2.75, 3.05) is 5.73 Å². The van der Waals surface area contributed by atoms with Gasteiger partial charge in [-0.25, -0.2) is 0 Å². The topological polar surface area (TPSA) is 53.1 Å². The average Bonchev–Trinajstić information content (AvgIpc) is 2.67. The van der Waals surface area contributed by atoms with Crippen molar-refractivity contribution in [3.05, 3.63) is 41.6 Å². The lowest BCUT2D eigenvalue weighted by Gasteiger charge is -2.10. The quantitative estimate of drug-likeness (QED) is 0.933. The number of rotatable bonds is 3. The molecule has 0 bridgehead atoms. The van der Waals surface area contributed by atoms with Gasteiger partial charge in [-0.15, -0.1) is 0 Å². The maximum Gasteiger partial charge on any atom is 0.416 e. The van der Waals surface area contributed by atoms with Crippen LogP contribution in [0, 0.1) is 0 Å². The molecule has 0 aliphatic heterocycles. The number of benzene rings is 1. The van der Waals surface area contributed by atoms with Gasteiger partial charge in [0.2, 0.25) is 0 Å². The van der Waals surface area contributed by atoms with Crippen molar-refractivity contribution in [3.63, 3.8) is 0 Å². The van der Waals surface area contributed by atoms with Crippen LogP contribution in [0.5, 0.6) is 5.75 Å². The molecule has 1 aromatic heterocycles. The zero-order chi connectivity index (χ0) is 14.0. The maximum atomic E-state index is 12.5. The molecule has 4 nitrogen and oxygen atoms in total. The van der Waals surface area contributed by atoms with Crippen LogP contribution in [0.3, 0.4) is 0 Å². The van der Waals surface area contributed by atoms with Crippen molar-refractivity contribution >= 4 is 5.82 Å². The van der Waals surface area contributed by atoms with Gasteiger partial charge in [0.05, 0.1) is 17.3 Å². The number of aryl methyl sites for hydroxylation is 1. The van der Waals surface area contributed by atoms with Crippen LogP contribution in [0.25, 0.3) is 0 Å². The lowest BCUT2D eigenvalue weighted by Crippen LogP contribution is -2.05. The van der Waals surface area contributed by atoms with Crippen LogP contribution < -0.4 is 10.5 Å². The minimum absolute atomic E-state index is 0.0704. The number of aromatic nitrogens is 2. The van der Waals surface area contributed by atoms with Crippen LogP contribution in [-0.4, -0.2) is 9.78 Å². The molecule has 0 saturated heterocycles. The van der Waals surface area contributed by atoms with Gasteiger partial charge in [0.25, 0.3) is 0 Å². The highest BCUT2D eigenvalue weighted by molar-refractivity contribution is 5.38. The highest BCUT2D eigenvalue weighted by atomic mass is 19.4. The zero-order valence-electron chi connectivity index (χ0n) is 10.1. The predicted octanol–water partition coefficient (Wildman–Crippen LogP) is 2.60. The van der Waals surface area contributed by atoms with E-state index in [0.717, 1.165) is 12.1 Å². The molecule has 0 radical (unpaired) electrons. The summed E-state index contributed by atoms with van der Waals surface area (Å²) in [4.78, 5) is 0. The van der Waals surface area contributed by atoms with Crippen molar-refractivity contribution in [3.8, 4) is 5.75 Å². The molecule has 0 saturated carbocycles. The molecule has 2 rings (SSSR count). The Hall–Kier alpha value is -2.18. The first-order valence-corrected chi connectivity index (χ1v) is 5.44. The van der Waals surface area contributed by atoms with Gasteiger partial charge in [-0.05, 0) is 18.2 Å². The Morgan fingerprint density at radius 3 is 2.68 bits per heavy atom. The zero-order valence-corrected chi connectivity index (χ0v) is 10.1. The van der Waals surface area contributed by atoms with Crippen LogP contribution in [0.15, 0.2) is 30.5 Å². The average molecular weight is 271 g/mol. The van der Waals surface area contributed by atoms with Gasteiger partial charge in [0.1, 0.15) is 18.2 Å². The summed E-state index contributed by atoms with van der Waals surface area (Å²) in [7, 11) is 1.67. The summed E-state index contributed by atoms with van der Waals surface area (Å²) in [6, 6.07) is 4.70. The fourth-order valence-corrected chi connectivity index (χ4v) is 1.53. The molecule has 2 N–H and O–H groups in total. The second-order valence-electron chi connectivity index (χ2n) is 3.99. The summed E-state index contributed by atoms with van der Waals surface area (Å²) in [5, 5.41) is 3.92. The summed E-state index contributed by atoms with van der Waals surface area (Å²) < 4.78 is 44.3. The van der Waals surface area contributed by atoms with E-state index in [1.54, 1.807) is 7.05 Å². The second-order valence-corrected chi connectivity index (χ2v) is 3.99.